The summed E-state index contributed by atoms with van der Waals surface area (Å²) in [6, 6.07) is 6.57. The van der Waals surface area contributed by atoms with E-state index in [0.717, 1.165) is 12.4 Å². The highest BCUT2D eigenvalue weighted by Gasteiger charge is 2.42. The van der Waals surface area contributed by atoms with E-state index in [4.69, 9.17) is 4.74 Å². The van der Waals surface area contributed by atoms with E-state index in [2.05, 4.69) is 66.7 Å². The van der Waals surface area contributed by atoms with E-state index in [0.29, 0.717) is 5.41 Å². The molecule has 1 aliphatic rings. The van der Waals surface area contributed by atoms with Gasteiger partial charge in [0.05, 0.1) is 6.61 Å². The van der Waals surface area contributed by atoms with E-state index in [1.165, 1.54) is 30.4 Å². The van der Waals surface area contributed by atoms with E-state index in [1.54, 1.807) is 0 Å². The number of benzene rings is 1. The lowest BCUT2D eigenvalue weighted by atomic mass is 9.75. The highest BCUT2D eigenvalue weighted by molar-refractivity contribution is 5.47. The zero-order valence-electron chi connectivity index (χ0n) is 15.0. The molecule has 0 aliphatic heterocycles. The van der Waals surface area contributed by atoms with E-state index in [1.807, 2.05) is 0 Å². The second-order valence-corrected chi connectivity index (χ2v) is 8.82. The van der Waals surface area contributed by atoms with Crippen LogP contribution in [0.2, 0.25) is 0 Å². The predicted molar refractivity (Wildman–Crippen MR) is 91.3 cm³/mol. The molecule has 0 spiro atoms. The molecule has 0 radical (unpaired) electrons. The number of hydrogen-bond donors (Lipinski definition) is 0. The van der Waals surface area contributed by atoms with E-state index in [-0.39, 0.29) is 10.8 Å². The number of rotatable bonds is 4. The van der Waals surface area contributed by atoms with Crippen LogP contribution in [0.5, 0.6) is 5.75 Å². The van der Waals surface area contributed by atoms with Crippen LogP contribution in [0, 0.1) is 5.41 Å². The minimum absolute atomic E-state index is 0.0993. The van der Waals surface area contributed by atoms with Crippen LogP contribution in [-0.2, 0) is 10.8 Å². The Kier molecular flexibility index (Phi) is 4.17. The lowest BCUT2D eigenvalue weighted by Crippen LogP contribution is -2.24. The molecule has 0 bridgehead atoms. The lowest BCUT2D eigenvalue weighted by molar-refractivity contribution is 0.224. The summed E-state index contributed by atoms with van der Waals surface area (Å²) in [4.78, 5) is 0. The summed E-state index contributed by atoms with van der Waals surface area (Å²) in [5.74, 6) is 1.09. The van der Waals surface area contributed by atoms with Crippen molar-refractivity contribution in [2.24, 2.45) is 5.41 Å². The maximum atomic E-state index is 6.32. The highest BCUT2D eigenvalue weighted by Crippen LogP contribution is 2.49. The number of ether oxygens (including phenoxy) is 1. The van der Waals surface area contributed by atoms with Crippen molar-refractivity contribution < 1.29 is 4.74 Å². The first-order valence-electron chi connectivity index (χ1n) is 8.36. The van der Waals surface area contributed by atoms with Gasteiger partial charge in [0.1, 0.15) is 5.75 Å². The quantitative estimate of drug-likeness (QED) is 0.675. The Morgan fingerprint density at radius 2 is 1.62 bits per heavy atom. The first-order valence-corrected chi connectivity index (χ1v) is 8.36. The standard InChI is InChI=1S/C20H32O/c1-8-20(12-13-20)14-21-16-11-9-10-15(18(2,3)4)17(16)19(5,6)7/h9-11H,8,12-14H2,1-7H3. The fraction of sp³-hybridized carbons (Fsp3) is 0.700. The molecule has 2 rings (SSSR count). The summed E-state index contributed by atoms with van der Waals surface area (Å²) >= 11 is 0. The largest absolute Gasteiger partial charge is 0.493 e. The maximum Gasteiger partial charge on any atom is 0.123 e. The van der Waals surface area contributed by atoms with Gasteiger partial charge >= 0.3 is 0 Å². The van der Waals surface area contributed by atoms with Gasteiger partial charge in [-0.25, -0.2) is 0 Å². The second kappa shape index (κ2) is 5.34. The Labute approximate surface area is 131 Å². The Bertz CT molecular complexity index is 496. The first kappa shape index (κ1) is 16.4. The molecule has 21 heavy (non-hydrogen) atoms. The third-order valence-electron chi connectivity index (χ3n) is 4.83. The summed E-state index contributed by atoms with van der Waals surface area (Å²) in [7, 11) is 0. The van der Waals surface area contributed by atoms with Crippen LogP contribution in [0.1, 0.15) is 78.9 Å². The van der Waals surface area contributed by atoms with Crippen LogP contribution in [0.3, 0.4) is 0 Å². The van der Waals surface area contributed by atoms with Crippen molar-refractivity contribution in [3.05, 3.63) is 29.3 Å². The van der Waals surface area contributed by atoms with Crippen molar-refractivity contribution >= 4 is 0 Å². The summed E-state index contributed by atoms with van der Waals surface area (Å²) in [6.45, 7) is 16.9. The minimum atomic E-state index is 0.0993. The van der Waals surface area contributed by atoms with Crippen LogP contribution in [0.4, 0.5) is 0 Å². The van der Waals surface area contributed by atoms with Crippen molar-refractivity contribution in [2.45, 2.75) is 78.6 Å². The van der Waals surface area contributed by atoms with Gasteiger partial charge in [0.2, 0.25) is 0 Å². The molecule has 0 atom stereocenters. The van der Waals surface area contributed by atoms with Gasteiger partial charge in [0.15, 0.2) is 0 Å². The fourth-order valence-corrected chi connectivity index (χ4v) is 3.06. The summed E-state index contributed by atoms with van der Waals surface area (Å²) < 4.78 is 6.32. The zero-order chi connectivity index (χ0) is 15.9. The topological polar surface area (TPSA) is 9.23 Å². The van der Waals surface area contributed by atoms with Gasteiger partial charge in [-0.1, -0.05) is 60.6 Å². The smallest absolute Gasteiger partial charge is 0.123 e. The average Bonchev–Trinajstić information content (AvgIpc) is 3.14. The summed E-state index contributed by atoms with van der Waals surface area (Å²) in [6.07, 6.45) is 3.89. The third-order valence-corrected chi connectivity index (χ3v) is 4.83. The van der Waals surface area contributed by atoms with Gasteiger partial charge in [-0.15, -0.1) is 0 Å². The molecule has 1 aliphatic carbocycles. The lowest BCUT2D eigenvalue weighted by Gasteiger charge is -2.32. The monoisotopic (exact) mass is 288 g/mol. The molecule has 1 aromatic carbocycles. The SMILES string of the molecule is CCC1(COc2cccc(C(C)(C)C)c2C(C)(C)C)CC1. The molecule has 1 heteroatoms. The fourth-order valence-electron chi connectivity index (χ4n) is 3.06. The summed E-state index contributed by atoms with van der Waals surface area (Å²) in [5.41, 5.74) is 3.50. The highest BCUT2D eigenvalue weighted by atomic mass is 16.5. The van der Waals surface area contributed by atoms with E-state index < -0.39 is 0 Å². The molecule has 0 N–H and O–H groups in total. The van der Waals surface area contributed by atoms with Crippen LogP contribution in [-0.4, -0.2) is 6.61 Å². The Morgan fingerprint density at radius 3 is 2.05 bits per heavy atom. The second-order valence-electron chi connectivity index (χ2n) is 8.82. The van der Waals surface area contributed by atoms with Crippen LogP contribution in [0.15, 0.2) is 18.2 Å². The van der Waals surface area contributed by atoms with Crippen molar-refractivity contribution in [3.63, 3.8) is 0 Å². The normalized spacial score (nSPS) is 17.7. The van der Waals surface area contributed by atoms with Crippen molar-refractivity contribution in [1.29, 1.82) is 0 Å². The molecule has 1 nitrogen and oxygen atoms in total. The predicted octanol–water partition coefficient (Wildman–Crippen LogP) is 5.85. The zero-order valence-corrected chi connectivity index (χ0v) is 15.0. The Balaban J connectivity index is 2.36. The molecular formula is C20H32O. The Hall–Kier alpha value is -0.980. The molecule has 0 saturated heterocycles. The van der Waals surface area contributed by atoms with Gasteiger partial charge in [-0.3, -0.25) is 0 Å². The molecule has 1 aromatic rings. The summed E-state index contributed by atoms with van der Waals surface area (Å²) in [5, 5.41) is 0. The molecule has 1 saturated carbocycles. The molecule has 0 amide bonds. The van der Waals surface area contributed by atoms with Gasteiger partial charge in [0.25, 0.3) is 0 Å². The van der Waals surface area contributed by atoms with Crippen LogP contribution in [0.25, 0.3) is 0 Å². The van der Waals surface area contributed by atoms with Gasteiger partial charge in [0, 0.05) is 11.0 Å². The van der Waals surface area contributed by atoms with E-state index in [9.17, 15) is 0 Å². The van der Waals surface area contributed by atoms with E-state index >= 15 is 0 Å². The van der Waals surface area contributed by atoms with Gasteiger partial charge in [-0.05, 0) is 41.7 Å². The molecule has 118 valence electrons. The molecule has 0 aromatic heterocycles. The molecule has 1 fully saturated rings. The van der Waals surface area contributed by atoms with Crippen LogP contribution < -0.4 is 4.74 Å². The van der Waals surface area contributed by atoms with Gasteiger partial charge in [-0.2, -0.15) is 0 Å². The van der Waals surface area contributed by atoms with Crippen molar-refractivity contribution in [2.75, 3.05) is 6.61 Å². The van der Waals surface area contributed by atoms with Crippen molar-refractivity contribution in [1.82, 2.24) is 0 Å². The van der Waals surface area contributed by atoms with Gasteiger partial charge < -0.3 is 4.74 Å². The Morgan fingerprint density at radius 1 is 1.00 bits per heavy atom. The average molecular weight is 288 g/mol. The minimum Gasteiger partial charge on any atom is -0.493 e. The van der Waals surface area contributed by atoms with Crippen molar-refractivity contribution in [3.8, 4) is 5.75 Å². The van der Waals surface area contributed by atoms with Crippen LogP contribution >= 0.6 is 0 Å². The number of hydrogen-bond acceptors (Lipinski definition) is 1. The molecule has 0 unspecified atom stereocenters. The molecular weight excluding hydrogens is 256 g/mol. The first-order chi connectivity index (χ1) is 9.59. The maximum absolute atomic E-state index is 6.32. The third kappa shape index (κ3) is 3.62. The molecule has 0 heterocycles.